The molecule has 9 heteroatoms. The van der Waals surface area contributed by atoms with Crippen LogP contribution in [0.4, 0.5) is 5.00 Å². The van der Waals surface area contributed by atoms with E-state index in [4.69, 9.17) is 4.74 Å². The van der Waals surface area contributed by atoms with Crippen LogP contribution >= 0.6 is 23.1 Å². The van der Waals surface area contributed by atoms with Gasteiger partial charge in [-0.2, -0.15) is 0 Å². The summed E-state index contributed by atoms with van der Waals surface area (Å²) in [6, 6.07) is 20.1. The second-order valence-corrected chi connectivity index (χ2v) is 10.4. The van der Waals surface area contributed by atoms with E-state index in [1.807, 2.05) is 53.4 Å². The molecule has 1 amide bonds. The predicted molar refractivity (Wildman–Crippen MR) is 143 cm³/mol. The number of nitrogens with one attached hydrogen (secondary N) is 1. The molecule has 2 aromatic heterocycles. The first-order chi connectivity index (χ1) is 17.6. The smallest absolute Gasteiger partial charge is 0.341 e. The molecule has 1 aliphatic carbocycles. The van der Waals surface area contributed by atoms with Gasteiger partial charge in [0.1, 0.15) is 16.4 Å². The number of esters is 1. The fraction of sp³-hybridized carbons (Fsp3) is 0.259. The molecule has 2 atom stereocenters. The molecule has 1 N–H and O–H groups in total. The number of amides is 1. The molecular weight excluding hydrogens is 492 g/mol. The van der Waals surface area contributed by atoms with Crippen LogP contribution in [0.2, 0.25) is 0 Å². The van der Waals surface area contributed by atoms with Crippen molar-refractivity contribution in [2.24, 2.45) is 7.05 Å². The highest BCUT2D eigenvalue weighted by Crippen LogP contribution is 2.54. The molecule has 36 heavy (non-hydrogen) atoms. The maximum Gasteiger partial charge on any atom is 0.341 e. The van der Waals surface area contributed by atoms with Gasteiger partial charge in [-0.1, -0.05) is 72.4 Å². The summed E-state index contributed by atoms with van der Waals surface area (Å²) < 4.78 is 7.26. The molecule has 2 aromatic carbocycles. The number of hydrogen-bond donors (Lipinski definition) is 1. The molecule has 1 aliphatic rings. The Morgan fingerprint density at radius 1 is 1.08 bits per heavy atom. The van der Waals surface area contributed by atoms with Crippen LogP contribution in [-0.2, 0) is 16.6 Å². The summed E-state index contributed by atoms with van der Waals surface area (Å²) in [5.41, 5.74) is 3.35. The molecule has 0 saturated heterocycles. The average molecular weight is 519 g/mol. The van der Waals surface area contributed by atoms with Crippen LogP contribution in [0, 0.1) is 0 Å². The number of ether oxygens (including phenoxy) is 1. The Bertz CT molecular complexity index is 1370. The molecule has 184 valence electrons. The number of nitrogens with zero attached hydrogens (tertiary/aromatic N) is 3. The topological polar surface area (TPSA) is 86.1 Å². The van der Waals surface area contributed by atoms with Gasteiger partial charge < -0.3 is 14.6 Å². The van der Waals surface area contributed by atoms with Crippen molar-refractivity contribution in [2.75, 3.05) is 17.7 Å². The van der Waals surface area contributed by atoms with Gasteiger partial charge in [-0.25, -0.2) is 4.79 Å². The summed E-state index contributed by atoms with van der Waals surface area (Å²) in [4.78, 5) is 25.6. The number of anilines is 1. The molecule has 4 aromatic rings. The molecule has 2 heterocycles. The van der Waals surface area contributed by atoms with Crippen LogP contribution in [0.5, 0.6) is 0 Å². The van der Waals surface area contributed by atoms with E-state index < -0.39 is 5.97 Å². The Labute approximate surface area is 217 Å². The molecular formula is C27H26N4O3S2. The lowest BCUT2D eigenvalue weighted by Gasteiger charge is -2.09. The zero-order valence-electron chi connectivity index (χ0n) is 20.0. The SMILES string of the molecule is CCOC(=O)c1c(-c2ccccc2)csc1NC(=O)CSc1nnc(C2CC2c2ccccc2)n1C. The van der Waals surface area contributed by atoms with Gasteiger partial charge in [0.25, 0.3) is 0 Å². The van der Waals surface area contributed by atoms with E-state index in [2.05, 4.69) is 39.8 Å². The third-order valence-corrected chi connectivity index (χ3v) is 8.07. The maximum atomic E-state index is 12.8. The third kappa shape index (κ3) is 5.08. The highest BCUT2D eigenvalue weighted by molar-refractivity contribution is 7.99. The maximum absolute atomic E-state index is 12.8. The summed E-state index contributed by atoms with van der Waals surface area (Å²) in [5, 5.41) is 14.7. The number of benzene rings is 2. The van der Waals surface area contributed by atoms with Gasteiger partial charge in [0.2, 0.25) is 5.91 Å². The third-order valence-electron chi connectivity index (χ3n) is 6.16. The number of carbonyl (C=O) groups is 2. The Morgan fingerprint density at radius 3 is 2.53 bits per heavy atom. The zero-order valence-corrected chi connectivity index (χ0v) is 21.6. The van der Waals surface area contributed by atoms with E-state index in [0.29, 0.717) is 27.6 Å². The van der Waals surface area contributed by atoms with Gasteiger partial charge in [-0.3, -0.25) is 4.79 Å². The lowest BCUT2D eigenvalue weighted by molar-refractivity contribution is -0.113. The van der Waals surface area contributed by atoms with Crippen LogP contribution in [0.3, 0.4) is 0 Å². The molecule has 5 rings (SSSR count). The van der Waals surface area contributed by atoms with E-state index in [-0.39, 0.29) is 18.3 Å². The van der Waals surface area contributed by atoms with Crippen LogP contribution in [-0.4, -0.2) is 39.0 Å². The Balaban J connectivity index is 1.25. The van der Waals surface area contributed by atoms with Gasteiger partial charge in [0, 0.05) is 23.9 Å². The average Bonchev–Trinajstić information content (AvgIpc) is 3.44. The number of thioether (sulfide) groups is 1. The van der Waals surface area contributed by atoms with Gasteiger partial charge in [-0.05, 0) is 30.4 Å². The first-order valence-corrected chi connectivity index (χ1v) is 13.6. The van der Waals surface area contributed by atoms with Crippen LogP contribution in [0.1, 0.15) is 46.9 Å². The number of thiophene rings is 1. The first kappa shape index (κ1) is 24.3. The second kappa shape index (κ2) is 10.7. The quantitative estimate of drug-likeness (QED) is 0.225. The molecule has 0 bridgehead atoms. The summed E-state index contributed by atoms with van der Waals surface area (Å²) in [5.74, 6) is 1.25. The molecule has 0 radical (unpaired) electrons. The minimum absolute atomic E-state index is 0.152. The molecule has 1 saturated carbocycles. The van der Waals surface area contributed by atoms with E-state index >= 15 is 0 Å². The Morgan fingerprint density at radius 2 is 1.81 bits per heavy atom. The second-order valence-electron chi connectivity index (χ2n) is 8.54. The number of carbonyl (C=O) groups excluding carboxylic acids is 2. The van der Waals surface area contributed by atoms with E-state index in [1.54, 1.807) is 6.92 Å². The number of aromatic nitrogens is 3. The van der Waals surface area contributed by atoms with Gasteiger partial charge in [0.05, 0.1) is 12.4 Å². The highest BCUT2D eigenvalue weighted by atomic mass is 32.2. The van der Waals surface area contributed by atoms with Gasteiger partial charge in [0.15, 0.2) is 5.16 Å². The van der Waals surface area contributed by atoms with E-state index in [9.17, 15) is 9.59 Å². The zero-order chi connectivity index (χ0) is 25.1. The predicted octanol–water partition coefficient (Wildman–Crippen LogP) is 5.72. The molecule has 1 fully saturated rings. The first-order valence-electron chi connectivity index (χ1n) is 11.8. The number of hydrogen-bond acceptors (Lipinski definition) is 7. The molecule has 0 spiro atoms. The lowest BCUT2D eigenvalue weighted by atomic mass is 10.0. The number of rotatable bonds is 9. The van der Waals surface area contributed by atoms with Crippen LogP contribution < -0.4 is 5.32 Å². The largest absolute Gasteiger partial charge is 0.462 e. The molecule has 2 unspecified atom stereocenters. The summed E-state index contributed by atoms with van der Waals surface area (Å²) in [6.07, 6.45) is 1.06. The van der Waals surface area contributed by atoms with Crippen molar-refractivity contribution < 1.29 is 14.3 Å². The summed E-state index contributed by atoms with van der Waals surface area (Å²) >= 11 is 2.65. The monoisotopic (exact) mass is 518 g/mol. The van der Waals surface area contributed by atoms with Crippen molar-refractivity contribution in [3.05, 3.63) is 83.0 Å². The highest BCUT2D eigenvalue weighted by Gasteiger charge is 2.42. The van der Waals surface area contributed by atoms with Crippen molar-refractivity contribution in [1.82, 2.24) is 14.8 Å². The summed E-state index contributed by atoms with van der Waals surface area (Å²) in [6.45, 7) is 2.02. The van der Waals surface area contributed by atoms with Crippen molar-refractivity contribution in [2.45, 2.75) is 30.3 Å². The van der Waals surface area contributed by atoms with Gasteiger partial charge in [-0.15, -0.1) is 21.5 Å². The lowest BCUT2D eigenvalue weighted by Crippen LogP contribution is -2.16. The van der Waals surface area contributed by atoms with Crippen LogP contribution in [0.25, 0.3) is 11.1 Å². The van der Waals surface area contributed by atoms with Gasteiger partial charge >= 0.3 is 5.97 Å². The Kier molecular flexibility index (Phi) is 7.20. The van der Waals surface area contributed by atoms with Crippen molar-refractivity contribution >= 4 is 40.0 Å². The molecule has 7 nitrogen and oxygen atoms in total. The Hall–Kier alpha value is -3.43. The normalized spacial score (nSPS) is 16.5. The van der Waals surface area contributed by atoms with Crippen molar-refractivity contribution in [1.29, 1.82) is 0 Å². The standard InChI is InChI=1S/C27H26N4O3S2/c1-3-34-26(33)23-21(18-12-8-5-9-13-18)15-35-25(23)28-22(32)16-36-27-30-29-24(31(27)2)20-14-19(20)17-10-6-4-7-11-17/h4-13,15,19-20H,3,14,16H2,1-2H3,(H,28,32). The summed E-state index contributed by atoms with van der Waals surface area (Å²) in [7, 11) is 1.94. The fourth-order valence-electron chi connectivity index (χ4n) is 4.30. The fourth-order valence-corrected chi connectivity index (χ4v) is 5.99. The minimum Gasteiger partial charge on any atom is -0.462 e. The van der Waals surface area contributed by atoms with Crippen LogP contribution in [0.15, 0.2) is 71.2 Å². The minimum atomic E-state index is -0.448. The van der Waals surface area contributed by atoms with E-state index in [1.165, 1.54) is 28.7 Å². The molecule has 0 aliphatic heterocycles. The van der Waals surface area contributed by atoms with E-state index in [0.717, 1.165) is 23.4 Å². The van der Waals surface area contributed by atoms with Crippen molar-refractivity contribution in [3.63, 3.8) is 0 Å². The van der Waals surface area contributed by atoms with Crippen molar-refractivity contribution in [3.8, 4) is 11.1 Å².